The summed E-state index contributed by atoms with van der Waals surface area (Å²) in [5, 5.41) is 4.05. The molecule has 22 heavy (non-hydrogen) atoms. The van der Waals surface area contributed by atoms with Crippen LogP contribution in [0, 0.1) is 0 Å². The molecule has 1 aliphatic heterocycles. The minimum atomic E-state index is -0.148. The smallest absolute Gasteiger partial charge is 0.276 e. The first-order chi connectivity index (χ1) is 10.6. The maximum Gasteiger partial charge on any atom is 0.276 e. The number of nitrogens with zero attached hydrogens (tertiary/aromatic N) is 4. The van der Waals surface area contributed by atoms with Crippen molar-refractivity contribution in [2.45, 2.75) is 52.0 Å². The van der Waals surface area contributed by atoms with E-state index in [1.165, 1.54) is 6.39 Å². The zero-order valence-electron chi connectivity index (χ0n) is 13.1. The molecule has 2 aromatic rings. The molecule has 0 radical (unpaired) electrons. The minimum Gasteiger partial charge on any atom is -0.448 e. The van der Waals surface area contributed by atoms with Gasteiger partial charge in [-0.25, -0.2) is 4.98 Å². The molecule has 2 aromatic heterocycles. The highest BCUT2D eigenvalue weighted by Crippen LogP contribution is 2.32. The number of carbonyl (C=O) groups is 1. The fourth-order valence-electron chi connectivity index (χ4n) is 2.73. The predicted octanol–water partition coefficient (Wildman–Crippen LogP) is 2.72. The number of likely N-dealkylation sites (tertiary alicyclic amines) is 1. The van der Waals surface area contributed by atoms with Gasteiger partial charge >= 0.3 is 0 Å². The average molecular weight is 304 g/mol. The normalized spacial score (nSPS) is 18.4. The molecular weight excluding hydrogens is 284 g/mol. The lowest BCUT2D eigenvalue weighted by Crippen LogP contribution is -2.32. The highest BCUT2D eigenvalue weighted by Gasteiger charge is 2.35. The third-order valence-electron chi connectivity index (χ3n) is 3.93. The molecule has 0 saturated carbocycles. The molecule has 0 aliphatic carbocycles. The van der Waals surface area contributed by atoms with Crippen molar-refractivity contribution in [1.82, 2.24) is 20.0 Å². The first-order valence-corrected chi connectivity index (χ1v) is 7.68. The number of oxazole rings is 1. The topological polar surface area (TPSA) is 85.3 Å². The van der Waals surface area contributed by atoms with Gasteiger partial charge in [0.2, 0.25) is 5.89 Å². The summed E-state index contributed by atoms with van der Waals surface area (Å²) in [5.74, 6) is 1.85. The summed E-state index contributed by atoms with van der Waals surface area (Å²) in [7, 11) is 0. The molecule has 1 aliphatic rings. The van der Waals surface area contributed by atoms with Crippen molar-refractivity contribution in [3.05, 3.63) is 29.6 Å². The maximum absolute atomic E-state index is 12.7. The van der Waals surface area contributed by atoms with Gasteiger partial charge in [0.15, 0.2) is 17.9 Å². The van der Waals surface area contributed by atoms with E-state index in [4.69, 9.17) is 8.94 Å². The van der Waals surface area contributed by atoms with Crippen molar-refractivity contribution in [3.63, 3.8) is 0 Å². The Labute approximate surface area is 128 Å². The van der Waals surface area contributed by atoms with E-state index >= 15 is 0 Å². The number of carbonyl (C=O) groups excluding carboxylic acids is 1. The number of aromatic nitrogens is 3. The molecule has 7 nitrogen and oxygen atoms in total. The first kappa shape index (κ1) is 14.7. The second kappa shape index (κ2) is 5.90. The van der Waals surface area contributed by atoms with Gasteiger partial charge in [-0.05, 0) is 12.8 Å². The van der Waals surface area contributed by atoms with Crippen molar-refractivity contribution in [2.75, 3.05) is 6.54 Å². The fraction of sp³-hybridized carbons (Fsp3) is 0.600. The van der Waals surface area contributed by atoms with E-state index in [1.807, 2.05) is 20.8 Å². The molecule has 1 atom stereocenters. The average Bonchev–Trinajstić information content (AvgIpc) is 3.23. The lowest BCUT2D eigenvalue weighted by Gasteiger charge is -2.21. The number of hydrogen-bond acceptors (Lipinski definition) is 6. The Bertz CT molecular complexity index is 661. The van der Waals surface area contributed by atoms with E-state index in [0.29, 0.717) is 36.1 Å². The Morgan fingerprint density at radius 2 is 2.32 bits per heavy atom. The molecule has 7 heteroatoms. The van der Waals surface area contributed by atoms with Gasteiger partial charge in [-0.3, -0.25) is 4.79 Å². The Morgan fingerprint density at radius 1 is 1.50 bits per heavy atom. The molecule has 0 N–H and O–H groups in total. The summed E-state index contributed by atoms with van der Waals surface area (Å²) in [6, 6.07) is -0.148. The summed E-state index contributed by atoms with van der Waals surface area (Å²) in [4.78, 5) is 23.0. The molecule has 1 fully saturated rings. The van der Waals surface area contributed by atoms with Crippen molar-refractivity contribution < 1.29 is 13.7 Å². The second-order valence-corrected chi connectivity index (χ2v) is 5.78. The van der Waals surface area contributed by atoms with E-state index in [1.54, 1.807) is 4.90 Å². The van der Waals surface area contributed by atoms with E-state index in [9.17, 15) is 4.79 Å². The summed E-state index contributed by atoms with van der Waals surface area (Å²) >= 11 is 0. The molecule has 0 spiro atoms. The van der Waals surface area contributed by atoms with Crippen LogP contribution in [0.4, 0.5) is 0 Å². The maximum atomic E-state index is 12.7. The van der Waals surface area contributed by atoms with Gasteiger partial charge in [-0.15, -0.1) is 0 Å². The summed E-state index contributed by atoms with van der Waals surface area (Å²) in [6.45, 7) is 6.60. The Hall–Kier alpha value is -2.18. The standard InChI is InChI=1S/C15H20N4O3/c1-4-11-12(16-8-21-11)15(20)19-7-5-6-10(19)13-17-14(9(2)3)22-18-13/h8-10H,4-7H2,1-3H3/t10-/m0/s1. The van der Waals surface area contributed by atoms with Crippen LogP contribution in [-0.4, -0.2) is 32.5 Å². The zero-order valence-corrected chi connectivity index (χ0v) is 13.1. The SMILES string of the molecule is CCc1ocnc1C(=O)N1CCC[C@H]1c1noc(C(C)C)n1. The molecule has 1 saturated heterocycles. The molecule has 118 valence electrons. The zero-order chi connectivity index (χ0) is 15.7. The van der Waals surface area contributed by atoms with E-state index in [-0.39, 0.29) is 17.9 Å². The van der Waals surface area contributed by atoms with Gasteiger partial charge in [-0.1, -0.05) is 25.9 Å². The number of amides is 1. The third kappa shape index (κ3) is 2.51. The van der Waals surface area contributed by atoms with Gasteiger partial charge in [0.1, 0.15) is 5.76 Å². The molecule has 0 aromatic carbocycles. The lowest BCUT2D eigenvalue weighted by molar-refractivity contribution is 0.0720. The van der Waals surface area contributed by atoms with Crippen molar-refractivity contribution in [3.8, 4) is 0 Å². The minimum absolute atomic E-state index is 0.121. The molecule has 1 amide bonds. The fourth-order valence-corrected chi connectivity index (χ4v) is 2.73. The largest absolute Gasteiger partial charge is 0.448 e. The lowest BCUT2D eigenvalue weighted by atomic mass is 10.2. The number of rotatable bonds is 4. The highest BCUT2D eigenvalue weighted by molar-refractivity contribution is 5.93. The van der Waals surface area contributed by atoms with Crippen LogP contribution in [0.1, 0.15) is 73.5 Å². The quantitative estimate of drug-likeness (QED) is 0.863. The highest BCUT2D eigenvalue weighted by atomic mass is 16.5. The third-order valence-corrected chi connectivity index (χ3v) is 3.93. The molecule has 3 rings (SSSR count). The molecule has 0 unspecified atom stereocenters. The van der Waals surface area contributed by atoms with Crippen LogP contribution in [-0.2, 0) is 6.42 Å². The van der Waals surface area contributed by atoms with Crippen LogP contribution in [0.25, 0.3) is 0 Å². The number of hydrogen-bond donors (Lipinski definition) is 0. The Morgan fingerprint density at radius 3 is 3.00 bits per heavy atom. The number of aryl methyl sites for hydroxylation is 1. The van der Waals surface area contributed by atoms with E-state index < -0.39 is 0 Å². The molecule has 0 bridgehead atoms. The van der Waals surface area contributed by atoms with Gasteiger partial charge in [0.05, 0.1) is 6.04 Å². The van der Waals surface area contributed by atoms with Gasteiger partial charge in [-0.2, -0.15) is 4.98 Å². The first-order valence-electron chi connectivity index (χ1n) is 7.68. The van der Waals surface area contributed by atoms with Crippen LogP contribution in [0.15, 0.2) is 15.3 Å². The van der Waals surface area contributed by atoms with Gasteiger partial charge in [0.25, 0.3) is 5.91 Å². The second-order valence-electron chi connectivity index (χ2n) is 5.78. The summed E-state index contributed by atoms with van der Waals surface area (Å²) in [6.07, 6.45) is 3.71. The van der Waals surface area contributed by atoms with E-state index in [2.05, 4.69) is 15.1 Å². The molecule has 3 heterocycles. The Balaban J connectivity index is 1.85. The molecular formula is C15H20N4O3. The van der Waals surface area contributed by atoms with Crippen LogP contribution < -0.4 is 0 Å². The van der Waals surface area contributed by atoms with Crippen molar-refractivity contribution in [1.29, 1.82) is 0 Å². The van der Waals surface area contributed by atoms with E-state index in [0.717, 1.165) is 12.8 Å². The van der Waals surface area contributed by atoms with Crippen molar-refractivity contribution >= 4 is 5.91 Å². The monoisotopic (exact) mass is 304 g/mol. The van der Waals surface area contributed by atoms with Gasteiger partial charge in [0, 0.05) is 18.9 Å². The van der Waals surface area contributed by atoms with Crippen molar-refractivity contribution in [2.24, 2.45) is 0 Å². The van der Waals surface area contributed by atoms with Crippen LogP contribution >= 0.6 is 0 Å². The van der Waals surface area contributed by atoms with Crippen LogP contribution in [0.2, 0.25) is 0 Å². The summed E-state index contributed by atoms with van der Waals surface area (Å²) < 4.78 is 10.5. The summed E-state index contributed by atoms with van der Waals surface area (Å²) in [5.41, 5.74) is 0.391. The predicted molar refractivity (Wildman–Crippen MR) is 77.3 cm³/mol. The Kier molecular flexibility index (Phi) is 3.96. The van der Waals surface area contributed by atoms with Gasteiger partial charge < -0.3 is 13.8 Å². The van der Waals surface area contributed by atoms with Crippen LogP contribution in [0.5, 0.6) is 0 Å². The van der Waals surface area contributed by atoms with Crippen LogP contribution in [0.3, 0.4) is 0 Å².